The van der Waals surface area contributed by atoms with E-state index in [2.05, 4.69) is 61.8 Å². The van der Waals surface area contributed by atoms with Crippen molar-refractivity contribution in [1.82, 2.24) is 5.32 Å². The maximum Gasteiger partial charge on any atom is 0.0371 e. The third kappa shape index (κ3) is 3.01. The first-order chi connectivity index (χ1) is 8.72. The van der Waals surface area contributed by atoms with Crippen LogP contribution in [0.1, 0.15) is 37.4 Å². The van der Waals surface area contributed by atoms with Gasteiger partial charge in [0.05, 0.1) is 0 Å². The Kier molecular flexibility index (Phi) is 4.56. The molecule has 0 fully saturated rings. The molecule has 0 saturated carbocycles. The summed E-state index contributed by atoms with van der Waals surface area (Å²) in [6.45, 7) is 7.67. The summed E-state index contributed by atoms with van der Waals surface area (Å²) in [6.07, 6.45) is 1.18. The molecule has 0 spiro atoms. The molecule has 1 unspecified atom stereocenters. The van der Waals surface area contributed by atoms with Crippen LogP contribution in [0, 0.1) is 6.92 Å². The second kappa shape index (κ2) is 6.17. The molecule has 1 aromatic carbocycles. The van der Waals surface area contributed by atoms with Crippen molar-refractivity contribution in [3.05, 3.63) is 46.8 Å². The Balaban J connectivity index is 2.13. The van der Waals surface area contributed by atoms with Gasteiger partial charge in [0, 0.05) is 10.9 Å². The average molecular weight is 259 g/mol. The Hall–Kier alpha value is -1.12. The van der Waals surface area contributed by atoms with Gasteiger partial charge in [-0.15, -0.1) is 11.3 Å². The van der Waals surface area contributed by atoms with Gasteiger partial charge in [-0.25, -0.2) is 0 Å². The minimum absolute atomic E-state index is 0.434. The van der Waals surface area contributed by atoms with Crippen molar-refractivity contribution in [1.29, 1.82) is 0 Å². The van der Waals surface area contributed by atoms with Crippen LogP contribution in [0.15, 0.2) is 35.7 Å². The topological polar surface area (TPSA) is 12.0 Å². The second-order valence-electron chi connectivity index (χ2n) is 4.73. The van der Waals surface area contributed by atoms with Crippen molar-refractivity contribution in [2.45, 2.75) is 33.2 Å². The lowest BCUT2D eigenvalue weighted by Crippen LogP contribution is -2.19. The van der Waals surface area contributed by atoms with Crippen molar-refractivity contribution in [2.24, 2.45) is 0 Å². The molecule has 1 atom stereocenters. The summed E-state index contributed by atoms with van der Waals surface area (Å²) in [4.78, 5) is 1.38. The van der Waals surface area contributed by atoms with E-state index in [-0.39, 0.29) is 0 Å². The Labute approximate surface area is 114 Å². The quantitative estimate of drug-likeness (QED) is 0.814. The summed E-state index contributed by atoms with van der Waals surface area (Å²) < 4.78 is 0. The van der Waals surface area contributed by atoms with Gasteiger partial charge in [0.1, 0.15) is 0 Å². The number of thiophene rings is 1. The fourth-order valence-electron chi connectivity index (χ4n) is 2.07. The molecule has 2 heteroatoms. The molecular weight excluding hydrogens is 238 g/mol. The SMILES string of the molecule is CCCNC(C)c1ccc(-c2sccc2C)cc1. The van der Waals surface area contributed by atoms with Crippen LogP contribution in [-0.2, 0) is 0 Å². The fourth-order valence-corrected chi connectivity index (χ4v) is 3.00. The van der Waals surface area contributed by atoms with Gasteiger partial charge in [0.25, 0.3) is 0 Å². The van der Waals surface area contributed by atoms with Crippen LogP contribution in [0.2, 0.25) is 0 Å². The van der Waals surface area contributed by atoms with Gasteiger partial charge in [0.15, 0.2) is 0 Å². The molecule has 0 saturated heterocycles. The molecule has 0 aliphatic carbocycles. The monoisotopic (exact) mass is 259 g/mol. The highest BCUT2D eigenvalue weighted by Gasteiger charge is 2.06. The fraction of sp³-hybridized carbons (Fsp3) is 0.375. The minimum atomic E-state index is 0.434. The smallest absolute Gasteiger partial charge is 0.0371 e. The highest BCUT2D eigenvalue weighted by atomic mass is 32.1. The molecule has 2 rings (SSSR count). The second-order valence-corrected chi connectivity index (χ2v) is 5.65. The Bertz CT molecular complexity index is 484. The van der Waals surface area contributed by atoms with Crippen LogP contribution in [0.4, 0.5) is 0 Å². The predicted molar refractivity (Wildman–Crippen MR) is 81.2 cm³/mol. The van der Waals surface area contributed by atoms with Crippen LogP contribution in [0.25, 0.3) is 10.4 Å². The van der Waals surface area contributed by atoms with Crippen molar-refractivity contribution >= 4 is 11.3 Å². The van der Waals surface area contributed by atoms with Crippen LogP contribution in [0.5, 0.6) is 0 Å². The summed E-state index contributed by atoms with van der Waals surface area (Å²) in [5.74, 6) is 0. The highest BCUT2D eigenvalue weighted by Crippen LogP contribution is 2.29. The number of nitrogens with one attached hydrogen (secondary N) is 1. The lowest BCUT2D eigenvalue weighted by atomic mass is 10.0. The van der Waals surface area contributed by atoms with Gasteiger partial charge in [-0.1, -0.05) is 31.2 Å². The largest absolute Gasteiger partial charge is 0.310 e. The van der Waals surface area contributed by atoms with Crippen molar-refractivity contribution in [3.8, 4) is 10.4 Å². The summed E-state index contributed by atoms with van der Waals surface area (Å²) in [6, 6.07) is 11.6. The van der Waals surface area contributed by atoms with Gasteiger partial charge in [-0.2, -0.15) is 0 Å². The van der Waals surface area contributed by atoms with E-state index in [4.69, 9.17) is 0 Å². The van der Waals surface area contributed by atoms with Gasteiger partial charge in [0.2, 0.25) is 0 Å². The van der Waals surface area contributed by atoms with Crippen LogP contribution < -0.4 is 5.32 Å². The summed E-state index contributed by atoms with van der Waals surface area (Å²) in [7, 11) is 0. The van der Waals surface area contributed by atoms with E-state index in [1.165, 1.54) is 28.0 Å². The maximum atomic E-state index is 3.52. The maximum absolute atomic E-state index is 3.52. The zero-order chi connectivity index (χ0) is 13.0. The van der Waals surface area contributed by atoms with E-state index in [1.807, 2.05) is 11.3 Å². The van der Waals surface area contributed by atoms with E-state index < -0.39 is 0 Å². The minimum Gasteiger partial charge on any atom is -0.310 e. The molecule has 1 N–H and O–H groups in total. The van der Waals surface area contributed by atoms with Crippen LogP contribution >= 0.6 is 11.3 Å². The summed E-state index contributed by atoms with van der Waals surface area (Å²) >= 11 is 1.82. The van der Waals surface area contributed by atoms with Gasteiger partial charge in [-0.3, -0.25) is 0 Å². The number of benzene rings is 1. The Morgan fingerprint density at radius 3 is 2.44 bits per heavy atom. The molecular formula is C16H21NS. The molecule has 0 amide bonds. The highest BCUT2D eigenvalue weighted by molar-refractivity contribution is 7.13. The Morgan fingerprint density at radius 2 is 1.89 bits per heavy atom. The Morgan fingerprint density at radius 1 is 1.17 bits per heavy atom. The van der Waals surface area contributed by atoms with Crippen LogP contribution in [0.3, 0.4) is 0 Å². The van der Waals surface area contributed by atoms with Crippen molar-refractivity contribution in [3.63, 3.8) is 0 Å². The van der Waals surface area contributed by atoms with Crippen molar-refractivity contribution < 1.29 is 0 Å². The third-order valence-electron chi connectivity index (χ3n) is 3.24. The number of hydrogen-bond donors (Lipinski definition) is 1. The molecule has 0 bridgehead atoms. The molecule has 2 aromatic rings. The van der Waals surface area contributed by atoms with E-state index in [0.717, 1.165) is 6.54 Å². The molecule has 1 heterocycles. The van der Waals surface area contributed by atoms with Gasteiger partial charge < -0.3 is 5.32 Å². The zero-order valence-corrected chi connectivity index (χ0v) is 12.2. The van der Waals surface area contributed by atoms with E-state index in [9.17, 15) is 0 Å². The molecule has 96 valence electrons. The predicted octanol–water partition coefficient (Wildman–Crippen LogP) is 4.78. The van der Waals surface area contributed by atoms with E-state index in [0.29, 0.717) is 6.04 Å². The molecule has 1 nitrogen and oxygen atoms in total. The van der Waals surface area contributed by atoms with Gasteiger partial charge in [-0.05, 0) is 54.9 Å². The van der Waals surface area contributed by atoms with E-state index >= 15 is 0 Å². The third-order valence-corrected chi connectivity index (χ3v) is 4.30. The first-order valence-corrected chi connectivity index (χ1v) is 7.48. The molecule has 0 radical (unpaired) electrons. The number of aryl methyl sites for hydroxylation is 1. The molecule has 0 aliphatic rings. The molecule has 18 heavy (non-hydrogen) atoms. The number of rotatable bonds is 5. The summed E-state index contributed by atoms with van der Waals surface area (Å²) in [5, 5.41) is 5.67. The van der Waals surface area contributed by atoms with Crippen LogP contribution in [-0.4, -0.2) is 6.54 Å². The zero-order valence-electron chi connectivity index (χ0n) is 11.4. The first-order valence-electron chi connectivity index (χ1n) is 6.60. The lowest BCUT2D eigenvalue weighted by molar-refractivity contribution is 0.571. The normalized spacial score (nSPS) is 12.6. The molecule has 1 aromatic heterocycles. The summed E-state index contributed by atoms with van der Waals surface area (Å²) in [5.41, 5.74) is 4.06. The van der Waals surface area contributed by atoms with Gasteiger partial charge >= 0.3 is 0 Å². The number of hydrogen-bond acceptors (Lipinski definition) is 2. The standard InChI is InChI=1S/C16H21NS/c1-4-10-17-13(3)14-5-7-15(8-6-14)16-12(2)9-11-18-16/h5-9,11,13,17H,4,10H2,1-3H3. The average Bonchev–Trinajstić information content (AvgIpc) is 2.82. The van der Waals surface area contributed by atoms with E-state index in [1.54, 1.807) is 0 Å². The van der Waals surface area contributed by atoms with Crippen molar-refractivity contribution in [2.75, 3.05) is 6.54 Å². The molecule has 0 aliphatic heterocycles. The lowest BCUT2D eigenvalue weighted by Gasteiger charge is -2.14. The first kappa shape index (κ1) is 13.3.